The Morgan fingerprint density at radius 1 is 1.26 bits per heavy atom. The van der Waals surface area contributed by atoms with Crippen molar-refractivity contribution in [3.05, 3.63) is 29.8 Å². The number of nitrogens with zero attached hydrogens (tertiary/aromatic N) is 2. The van der Waals surface area contributed by atoms with Crippen LogP contribution < -0.4 is 0 Å². The van der Waals surface area contributed by atoms with Crippen LogP contribution in [0.2, 0.25) is 18.1 Å². The molecule has 0 aliphatic rings. The van der Waals surface area contributed by atoms with Crippen LogP contribution in [-0.4, -0.2) is 30.3 Å². The zero-order chi connectivity index (χ0) is 18.1. The molecule has 0 N–H and O–H groups in total. The van der Waals surface area contributed by atoms with Crippen molar-refractivity contribution in [2.45, 2.75) is 57.3 Å². The highest BCUT2D eigenvalue weighted by Crippen LogP contribution is 2.39. The Kier molecular flexibility index (Phi) is 6.10. The Hall–Kier alpha value is -0.853. The van der Waals surface area contributed by atoms with Crippen molar-refractivity contribution in [1.82, 2.24) is 4.90 Å². The minimum absolute atomic E-state index is 0.00291. The lowest BCUT2D eigenvalue weighted by Crippen LogP contribution is -2.35. The largest absolute Gasteiger partial charge is 0.342 e. The van der Waals surface area contributed by atoms with Crippen LogP contribution in [0, 0.1) is 0 Å². The van der Waals surface area contributed by atoms with Crippen LogP contribution in [0.15, 0.2) is 33.2 Å². The second-order valence-electron chi connectivity index (χ2n) is 7.38. The predicted molar refractivity (Wildman–Crippen MR) is 100 cm³/mol. The maximum Gasteiger partial charge on any atom is 0.219 e. The van der Waals surface area contributed by atoms with Crippen molar-refractivity contribution in [2.24, 2.45) is 4.03 Å². The molecule has 0 saturated heterocycles. The molecule has 0 bridgehead atoms. The normalized spacial score (nSPS) is 15.0. The second kappa shape index (κ2) is 6.95. The molecule has 1 atom stereocenters. The van der Waals surface area contributed by atoms with Crippen molar-refractivity contribution < 1.29 is 9.00 Å². The van der Waals surface area contributed by atoms with E-state index in [4.69, 9.17) is 10.7 Å². The first-order chi connectivity index (χ1) is 10.3. The van der Waals surface area contributed by atoms with Crippen LogP contribution in [0.5, 0.6) is 0 Å². The van der Waals surface area contributed by atoms with E-state index >= 15 is 0 Å². The predicted octanol–water partition coefficient (Wildman–Crippen LogP) is 4.65. The first-order valence-corrected chi connectivity index (χ1v) is 12.8. The molecule has 7 heteroatoms. The quantitative estimate of drug-likeness (QED) is 0.568. The van der Waals surface area contributed by atoms with E-state index in [1.54, 1.807) is 24.1 Å². The molecule has 0 aromatic heterocycles. The average Bonchev–Trinajstić information content (AvgIpc) is 2.36. The summed E-state index contributed by atoms with van der Waals surface area (Å²) in [5.41, 5.74) is 0.964. The van der Waals surface area contributed by atoms with Crippen LogP contribution in [0.4, 0.5) is 0 Å². The van der Waals surface area contributed by atoms with Gasteiger partial charge in [0.05, 0.1) is 4.90 Å². The van der Waals surface area contributed by atoms with Gasteiger partial charge < -0.3 is 4.90 Å². The molecule has 0 aliphatic heterocycles. The van der Waals surface area contributed by atoms with Gasteiger partial charge in [-0.2, -0.15) is 0 Å². The molecule has 4 nitrogen and oxygen atoms in total. The molecule has 0 heterocycles. The topological polar surface area (TPSA) is 49.7 Å². The molecule has 0 saturated carbocycles. The fourth-order valence-electron chi connectivity index (χ4n) is 1.63. The minimum atomic E-state index is -2.93. The molecule has 1 aromatic rings. The number of hydrogen-bond acceptors (Lipinski definition) is 3. The number of carbonyl (C=O) groups is 1. The molecule has 0 fully saturated rings. The van der Waals surface area contributed by atoms with Crippen molar-refractivity contribution in [2.75, 3.05) is 7.05 Å². The van der Waals surface area contributed by atoms with Crippen LogP contribution in [0.25, 0.3) is 0 Å². The molecule has 130 valence electrons. The van der Waals surface area contributed by atoms with E-state index in [0.717, 1.165) is 5.56 Å². The number of carbonyl (C=O) groups excluding carboxylic acids is 1. The van der Waals surface area contributed by atoms with E-state index in [2.05, 4.69) is 37.9 Å². The van der Waals surface area contributed by atoms with E-state index in [-0.39, 0.29) is 10.9 Å². The SMILES string of the molecule is CC(=O)N(C)Cc1ccc(S(=O)(Cl)=N[Si](C)(C)C(C)(C)C)cc1. The third-order valence-corrected chi connectivity index (χ3v) is 12.8. The van der Waals surface area contributed by atoms with Gasteiger partial charge in [-0.1, -0.05) is 32.9 Å². The van der Waals surface area contributed by atoms with E-state index in [1.165, 1.54) is 6.92 Å². The van der Waals surface area contributed by atoms with Crippen molar-refractivity contribution >= 4 is 33.8 Å². The molecular weight excluding hydrogens is 348 g/mol. The summed E-state index contributed by atoms with van der Waals surface area (Å²) in [6.45, 7) is 12.5. The standard InChI is InChI=1S/C16H27ClN2O2SSi/c1-13(20)19(5)12-14-8-10-15(11-9-14)22(17,21)18-23(6,7)16(2,3)4/h8-11H,12H2,1-7H3. The summed E-state index contributed by atoms with van der Waals surface area (Å²) in [5.74, 6) is 0.00291. The summed E-state index contributed by atoms with van der Waals surface area (Å²) in [6.07, 6.45) is 0. The van der Waals surface area contributed by atoms with Crippen LogP contribution in [-0.2, 0) is 20.3 Å². The van der Waals surface area contributed by atoms with Gasteiger partial charge in [0.25, 0.3) is 0 Å². The Labute approximate surface area is 146 Å². The first-order valence-electron chi connectivity index (χ1n) is 7.55. The smallest absolute Gasteiger partial charge is 0.219 e. The lowest BCUT2D eigenvalue weighted by Gasteiger charge is -2.32. The summed E-state index contributed by atoms with van der Waals surface area (Å²) < 4.78 is 17.4. The Balaban J connectivity index is 3.12. The van der Waals surface area contributed by atoms with E-state index in [9.17, 15) is 9.00 Å². The van der Waals surface area contributed by atoms with E-state index < -0.39 is 17.2 Å². The van der Waals surface area contributed by atoms with Crippen LogP contribution in [0.3, 0.4) is 0 Å². The number of halogens is 1. The number of benzene rings is 1. The van der Waals surface area contributed by atoms with Crippen molar-refractivity contribution in [3.63, 3.8) is 0 Å². The lowest BCUT2D eigenvalue weighted by molar-refractivity contribution is -0.128. The molecule has 1 amide bonds. The summed E-state index contributed by atoms with van der Waals surface area (Å²) in [5, 5.41) is -0.0192. The highest BCUT2D eigenvalue weighted by Gasteiger charge is 2.37. The molecule has 0 radical (unpaired) electrons. The summed E-state index contributed by atoms with van der Waals surface area (Å²) in [7, 11) is 2.99. The van der Waals surface area contributed by atoms with Gasteiger partial charge in [0.15, 0.2) is 17.2 Å². The Morgan fingerprint density at radius 3 is 2.13 bits per heavy atom. The van der Waals surface area contributed by atoms with Gasteiger partial charge in [0.1, 0.15) is 0 Å². The number of amides is 1. The van der Waals surface area contributed by atoms with Gasteiger partial charge in [-0.3, -0.25) is 8.82 Å². The maximum atomic E-state index is 12.9. The highest BCUT2D eigenvalue weighted by atomic mass is 35.7. The molecule has 1 unspecified atom stereocenters. The van der Waals surface area contributed by atoms with E-state index in [0.29, 0.717) is 11.4 Å². The fourth-order valence-corrected chi connectivity index (χ4v) is 7.83. The molecular formula is C16H27ClN2O2SSi. The maximum absolute atomic E-state index is 12.9. The van der Waals surface area contributed by atoms with Crippen molar-refractivity contribution in [1.29, 1.82) is 0 Å². The number of hydrogen-bond donors (Lipinski definition) is 0. The lowest BCUT2D eigenvalue weighted by atomic mass is 10.2. The third kappa shape index (κ3) is 5.33. The van der Waals surface area contributed by atoms with Crippen LogP contribution in [0.1, 0.15) is 33.3 Å². The molecule has 0 aliphatic carbocycles. The van der Waals surface area contributed by atoms with Gasteiger partial charge >= 0.3 is 0 Å². The molecule has 1 rings (SSSR count). The summed E-state index contributed by atoms with van der Waals surface area (Å²) in [4.78, 5) is 13.4. The Morgan fingerprint density at radius 2 is 1.74 bits per heavy atom. The van der Waals surface area contributed by atoms with E-state index in [1.807, 2.05) is 12.1 Å². The number of rotatable bonds is 4. The minimum Gasteiger partial charge on any atom is -0.342 e. The zero-order valence-electron chi connectivity index (χ0n) is 15.0. The van der Waals surface area contributed by atoms with Crippen molar-refractivity contribution in [3.8, 4) is 0 Å². The molecule has 23 heavy (non-hydrogen) atoms. The van der Waals surface area contributed by atoms with Gasteiger partial charge in [-0.25, -0.2) is 4.21 Å². The molecule has 1 aromatic carbocycles. The zero-order valence-corrected chi connectivity index (χ0v) is 17.6. The van der Waals surface area contributed by atoms with Gasteiger partial charge in [0, 0.05) is 31.2 Å². The molecule has 0 spiro atoms. The fraction of sp³-hybridized carbons (Fsp3) is 0.562. The van der Waals surface area contributed by atoms with Gasteiger partial charge in [0.2, 0.25) is 5.91 Å². The summed E-state index contributed by atoms with van der Waals surface area (Å²) in [6, 6.07) is 7.18. The average molecular weight is 375 g/mol. The third-order valence-electron chi connectivity index (χ3n) is 4.35. The monoisotopic (exact) mass is 374 g/mol. The summed E-state index contributed by atoms with van der Waals surface area (Å²) >= 11 is 0. The van der Waals surface area contributed by atoms with Gasteiger partial charge in [-0.05, 0) is 35.8 Å². The van der Waals surface area contributed by atoms with Crippen LogP contribution >= 0.6 is 10.7 Å². The highest BCUT2D eigenvalue weighted by molar-refractivity contribution is 8.16. The second-order valence-corrected chi connectivity index (χ2v) is 15.4. The van der Waals surface area contributed by atoms with Gasteiger partial charge in [-0.15, -0.1) is 0 Å². The first kappa shape index (κ1) is 20.2. The Bertz CT molecular complexity index is 687.